The van der Waals surface area contributed by atoms with Gasteiger partial charge in [-0.05, 0) is 38.5 Å². The van der Waals surface area contributed by atoms with Crippen molar-refractivity contribution in [2.75, 3.05) is 23.3 Å². The number of aromatic nitrogens is 2. The molecule has 2 unspecified atom stereocenters. The fourth-order valence-electron chi connectivity index (χ4n) is 2.83. The van der Waals surface area contributed by atoms with E-state index in [1.807, 2.05) is 6.07 Å². The number of nitrogens with two attached hydrogens (primary N) is 1. The van der Waals surface area contributed by atoms with Crippen LogP contribution in [0.4, 0.5) is 11.6 Å². The first-order valence-corrected chi connectivity index (χ1v) is 7.75. The van der Waals surface area contributed by atoms with Gasteiger partial charge in [0.2, 0.25) is 5.91 Å². The molecule has 1 saturated heterocycles. The lowest BCUT2D eigenvalue weighted by Gasteiger charge is -2.37. The SMILES string of the molecule is CC1CCC(C(N)=O)CN1c1cc(NCC2CC2)ncn1. The van der Waals surface area contributed by atoms with Gasteiger partial charge in [-0.15, -0.1) is 0 Å². The number of nitrogens with zero attached hydrogens (tertiary/aromatic N) is 3. The Balaban J connectivity index is 1.71. The van der Waals surface area contributed by atoms with E-state index in [0.29, 0.717) is 12.6 Å². The Hall–Kier alpha value is -1.85. The van der Waals surface area contributed by atoms with Gasteiger partial charge in [0.05, 0.1) is 5.92 Å². The van der Waals surface area contributed by atoms with Gasteiger partial charge in [0.25, 0.3) is 0 Å². The Morgan fingerprint density at radius 2 is 2.19 bits per heavy atom. The van der Waals surface area contributed by atoms with Gasteiger partial charge in [-0.1, -0.05) is 0 Å². The molecule has 3 N–H and O–H groups in total. The topological polar surface area (TPSA) is 84.1 Å². The minimum Gasteiger partial charge on any atom is -0.370 e. The summed E-state index contributed by atoms with van der Waals surface area (Å²) in [5.41, 5.74) is 5.46. The Morgan fingerprint density at radius 1 is 1.38 bits per heavy atom. The van der Waals surface area contributed by atoms with Crippen molar-refractivity contribution in [3.8, 4) is 0 Å². The Bertz CT molecular complexity index is 517. The van der Waals surface area contributed by atoms with Crippen molar-refractivity contribution in [2.24, 2.45) is 17.6 Å². The minimum atomic E-state index is -0.215. The van der Waals surface area contributed by atoms with Crippen molar-refractivity contribution in [1.29, 1.82) is 0 Å². The first-order chi connectivity index (χ1) is 10.1. The van der Waals surface area contributed by atoms with Crippen LogP contribution in [0.1, 0.15) is 32.6 Å². The molecule has 0 radical (unpaired) electrons. The molecule has 1 saturated carbocycles. The van der Waals surface area contributed by atoms with E-state index in [9.17, 15) is 4.79 Å². The van der Waals surface area contributed by atoms with Crippen LogP contribution in [0, 0.1) is 11.8 Å². The molecular weight excluding hydrogens is 266 g/mol. The number of rotatable bonds is 5. The van der Waals surface area contributed by atoms with Gasteiger partial charge in [0, 0.05) is 25.2 Å². The van der Waals surface area contributed by atoms with E-state index in [4.69, 9.17) is 5.73 Å². The number of primary amides is 1. The number of anilines is 2. The normalized spacial score (nSPS) is 25.7. The number of carbonyl (C=O) groups excluding carboxylic acids is 1. The Kier molecular flexibility index (Phi) is 3.94. The zero-order valence-electron chi connectivity index (χ0n) is 12.5. The Labute approximate surface area is 125 Å². The zero-order chi connectivity index (χ0) is 14.8. The number of hydrogen-bond acceptors (Lipinski definition) is 5. The van der Waals surface area contributed by atoms with E-state index in [2.05, 4.69) is 27.1 Å². The molecule has 0 aromatic carbocycles. The monoisotopic (exact) mass is 289 g/mol. The molecule has 6 heteroatoms. The van der Waals surface area contributed by atoms with Crippen molar-refractivity contribution in [3.63, 3.8) is 0 Å². The van der Waals surface area contributed by atoms with E-state index in [0.717, 1.165) is 36.9 Å². The highest BCUT2D eigenvalue weighted by atomic mass is 16.1. The van der Waals surface area contributed by atoms with Crippen molar-refractivity contribution < 1.29 is 4.79 Å². The summed E-state index contributed by atoms with van der Waals surface area (Å²) in [6.07, 6.45) is 6.04. The average molecular weight is 289 g/mol. The van der Waals surface area contributed by atoms with E-state index in [1.54, 1.807) is 6.33 Å². The third-order valence-electron chi connectivity index (χ3n) is 4.50. The van der Waals surface area contributed by atoms with Gasteiger partial charge in [-0.25, -0.2) is 9.97 Å². The molecule has 1 aromatic rings. The molecule has 6 nitrogen and oxygen atoms in total. The van der Waals surface area contributed by atoms with Crippen molar-refractivity contribution in [3.05, 3.63) is 12.4 Å². The summed E-state index contributed by atoms with van der Waals surface area (Å²) in [5.74, 6) is 2.24. The van der Waals surface area contributed by atoms with Crippen molar-refractivity contribution in [1.82, 2.24) is 9.97 Å². The predicted octanol–water partition coefficient (Wildman–Crippen LogP) is 1.39. The average Bonchev–Trinajstić information content (AvgIpc) is 3.30. The summed E-state index contributed by atoms with van der Waals surface area (Å²) in [5, 5.41) is 3.37. The summed E-state index contributed by atoms with van der Waals surface area (Å²) in [4.78, 5) is 22.3. The number of nitrogens with one attached hydrogen (secondary N) is 1. The van der Waals surface area contributed by atoms with Crippen molar-refractivity contribution in [2.45, 2.75) is 38.6 Å². The molecule has 1 aliphatic carbocycles. The second-order valence-electron chi connectivity index (χ2n) is 6.26. The number of piperidine rings is 1. The summed E-state index contributed by atoms with van der Waals surface area (Å²) in [7, 11) is 0. The fourth-order valence-corrected chi connectivity index (χ4v) is 2.83. The molecule has 3 rings (SSSR count). The third-order valence-corrected chi connectivity index (χ3v) is 4.50. The molecule has 2 aliphatic rings. The molecule has 2 fully saturated rings. The molecule has 1 aliphatic heterocycles. The molecule has 1 aromatic heterocycles. The molecule has 2 heterocycles. The predicted molar refractivity (Wildman–Crippen MR) is 82.0 cm³/mol. The molecule has 0 bridgehead atoms. The van der Waals surface area contributed by atoms with E-state index in [1.165, 1.54) is 12.8 Å². The molecular formula is C15H23N5O. The van der Waals surface area contributed by atoms with Gasteiger partial charge >= 0.3 is 0 Å². The van der Waals surface area contributed by atoms with Crippen LogP contribution in [0.25, 0.3) is 0 Å². The molecule has 2 atom stereocenters. The first kappa shape index (κ1) is 14.1. The van der Waals surface area contributed by atoms with Gasteiger partial charge in [-0.2, -0.15) is 0 Å². The van der Waals surface area contributed by atoms with Crippen LogP contribution in [0.3, 0.4) is 0 Å². The highest BCUT2D eigenvalue weighted by Gasteiger charge is 2.29. The van der Waals surface area contributed by atoms with Gasteiger partial charge in [-0.3, -0.25) is 4.79 Å². The second kappa shape index (κ2) is 5.87. The molecule has 114 valence electrons. The lowest BCUT2D eigenvalue weighted by molar-refractivity contribution is -0.122. The summed E-state index contributed by atoms with van der Waals surface area (Å²) < 4.78 is 0. The Morgan fingerprint density at radius 3 is 2.90 bits per heavy atom. The fraction of sp³-hybridized carbons (Fsp3) is 0.667. The molecule has 21 heavy (non-hydrogen) atoms. The summed E-state index contributed by atoms with van der Waals surface area (Å²) >= 11 is 0. The summed E-state index contributed by atoms with van der Waals surface area (Å²) in [6.45, 7) is 3.79. The number of amides is 1. The van der Waals surface area contributed by atoms with Crippen LogP contribution in [-0.2, 0) is 4.79 Å². The number of carbonyl (C=O) groups is 1. The molecule has 0 spiro atoms. The quantitative estimate of drug-likeness (QED) is 0.855. The molecule has 1 amide bonds. The second-order valence-corrected chi connectivity index (χ2v) is 6.26. The van der Waals surface area contributed by atoms with Crippen LogP contribution in [0.5, 0.6) is 0 Å². The van der Waals surface area contributed by atoms with Crippen molar-refractivity contribution >= 4 is 17.5 Å². The van der Waals surface area contributed by atoms with Crippen LogP contribution < -0.4 is 16.0 Å². The lowest BCUT2D eigenvalue weighted by Crippen LogP contribution is -2.46. The maximum atomic E-state index is 11.4. The highest BCUT2D eigenvalue weighted by molar-refractivity contribution is 5.77. The van der Waals surface area contributed by atoms with E-state index >= 15 is 0 Å². The van der Waals surface area contributed by atoms with Gasteiger partial charge < -0.3 is 16.0 Å². The van der Waals surface area contributed by atoms with Gasteiger partial charge in [0.1, 0.15) is 18.0 Å². The maximum Gasteiger partial charge on any atom is 0.222 e. The largest absolute Gasteiger partial charge is 0.370 e. The van der Waals surface area contributed by atoms with Gasteiger partial charge in [0.15, 0.2) is 0 Å². The lowest BCUT2D eigenvalue weighted by atomic mass is 9.93. The third kappa shape index (κ3) is 3.43. The highest BCUT2D eigenvalue weighted by Crippen LogP contribution is 2.30. The van der Waals surface area contributed by atoms with Crippen LogP contribution >= 0.6 is 0 Å². The minimum absolute atomic E-state index is 0.0842. The first-order valence-electron chi connectivity index (χ1n) is 7.75. The van der Waals surface area contributed by atoms with Crippen LogP contribution in [0.2, 0.25) is 0 Å². The zero-order valence-corrected chi connectivity index (χ0v) is 12.5. The maximum absolute atomic E-state index is 11.4. The van der Waals surface area contributed by atoms with Crippen LogP contribution in [0.15, 0.2) is 12.4 Å². The van der Waals surface area contributed by atoms with Crippen LogP contribution in [-0.4, -0.2) is 35.0 Å². The van der Waals surface area contributed by atoms with E-state index < -0.39 is 0 Å². The smallest absolute Gasteiger partial charge is 0.222 e. The summed E-state index contributed by atoms with van der Waals surface area (Å²) in [6, 6.07) is 2.34. The standard InChI is InChI=1S/C15H23N5O/c1-10-2-5-12(15(16)21)8-20(10)14-6-13(18-9-19-14)17-7-11-3-4-11/h6,9-12H,2-5,7-8H2,1H3,(H2,16,21)(H,17,18,19). The number of hydrogen-bond donors (Lipinski definition) is 2. The van der Waals surface area contributed by atoms with E-state index in [-0.39, 0.29) is 11.8 Å².